The van der Waals surface area contributed by atoms with E-state index in [1.54, 1.807) is 0 Å². The molecule has 2 rings (SSSR count). The highest BCUT2D eigenvalue weighted by molar-refractivity contribution is 8.03. The molecule has 1 aromatic rings. The third-order valence-corrected chi connectivity index (χ3v) is 5.67. The minimum absolute atomic E-state index is 0.0699. The van der Waals surface area contributed by atoms with Gasteiger partial charge in [0.05, 0.1) is 28.3 Å². The van der Waals surface area contributed by atoms with Crippen molar-refractivity contribution in [1.29, 1.82) is 5.26 Å². The summed E-state index contributed by atoms with van der Waals surface area (Å²) in [6, 6.07) is 4.19. The molecule has 1 amide bonds. The second-order valence-electron chi connectivity index (χ2n) is 5.23. The quantitative estimate of drug-likeness (QED) is 0.853. The second kappa shape index (κ2) is 7.02. The number of nitrogens with zero attached hydrogens (tertiary/aromatic N) is 1. The van der Waals surface area contributed by atoms with E-state index in [4.69, 9.17) is 5.73 Å². The van der Waals surface area contributed by atoms with E-state index in [1.165, 1.54) is 30.0 Å². The number of carbonyl (C=O) groups is 2. The van der Waals surface area contributed by atoms with E-state index in [0.29, 0.717) is 21.9 Å². The Morgan fingerprint density at radius 1 is 1.48 bits per heavy atom. The molecule has 120 valence electrons. The lowest BCUT2D eigenvalue weighted by atomic mass is 9.84. The van der Waals surface area contributed by atoms with Crippen molar-refractivity contribution in [1.82, 2.24) is 5.32 Å². The molecule has 0 aliphatic carbocycles. The predicted molar refractivity (Wildman–Crippen MR) is 92.6 cm³/mol. The van der Waals surface area contributed by atoms with E-state index in [-0.39, 0.29) is 11.5 Å². The van der Waals surface area contributed by atoms with Crippen molar-refractivity contribution in [3.63, 3.8) is 0 Å². The molecule has 0 saturated heterocycles. The standard InChI is InChI=1S/C16H17N3O2S2/c1-8-4-5-22-15(8)14-11(6-17)16(23-7-12(18)21)19-9(2)13(14)10(3)20/h4-5,14,19H,7H2,1-3H3,(H2,18,21)/t14-/m0/s1. The van der Waals surface area contributed by atoms with Crippen LogP contribution in [0.2, 0.25) is 0 Å². The molecule has 0 aromatic carbocycles. The topological polar surface area (TPSA) is 96.0 Å². The Bertz CT molecular complexity index is 769. The minimum atomic E-state index is -0.454. The number of hydrogen-bond acceptors (Lipinski definition) is 6. The number of thioether (sulfide) groups is 1. The molecule has 0 fully saturated rings. The third kappa shape index (κ3) is 3.49. The van der Waals surface area contributed by atoms with Gasteiger partial charge >= 0.3 is 0 Å². The van der Waals surface area contributed by atoms with Crippen molar-refractivity contribution in [2.24, 2.45) is 5.73 Å². The third-order valence-electron chi connectivity index (χ3n) is 3.55. The number of nitrogens with two attached hydrogens (primary N) is 1. The normalized spacial score (nSPS) is 17.7. The van der Waals surface area contributed by atoms with Gasteiger partial charge in [-0.3, -0.25) is 9.59 Å². The maximum absolute atomic E-state index is 12.2. The van der Waals surface area contributed by atoms with Crippen LogP contribution in [-0.4, -0.2) is 17.4 Å². The number of dihydropyridines is 1. The first-order valence-corrected chi connectivity index (χ1v) is 8.81. The Morgan fingerprint density at radius 2 is 2.17 bits per heavy atom. The molecule has 23 heavy (non-hydrogen) atoms. The van der Waals surface area contributed by atoms with E-state index in [0.717, 1.165) is 10.4 Å². The Kier molecular flexibility index (Phi) is 5.29. The number of primary amides is 1. The van der Waals surface area contributed by atoms with Gasteiger partial charge in [-0.15, -0.1) is 11.3 Å². The molecule has 0 unspecified atom stereocenters. The maximum atomic E-state index is 12.2. The monoisotopic (exact) mass is 347 g/mol. The van der Waals surface area contributed by atoms with E-state index in [2.05, 4.69) is 11.4 Å². The summed E-state index contributed by atoms with van der Waals surface area (Å²) < 4.78 is 0. The summed E-state index contributed by atoms with van der Waals surface area (Å²) >= 11 is 2.72. The van der Waals surface area contributed by atoms with E-state index in [1.807, 2.05) is 25.3 Å². The van der Waals surface area contributed by atoms with Crippen molar-refractivity contribution >= 4 is 34.8 Å². The summed E-state index contributed by atoms with van der Waals surface area (Å²) in [5.41, 5.74) is 8.00. The second-order valence-corrected chi connectivity index (χ2v) is 7.16. The molecule has 0 bridgehead atoms. The fraction of sp³-hybridized carbons (Fsp3) is 0.312. The van der Waals surface area contributed by atoms with Crippen LogP contribution in [0.25, 0.3) is 0 Å². The van der Waals surface area contributed by atoms with Crippen molar-refractivity contribution in [2.45, 2.75) is 26.7 Å². The molecular formula is C16H17N3O2S2. The number of nitriles is 1. The van der Waals surface area contributed by atoms with Crippen molar-refractivity contribution in [3.05, 3.63) is 43.8 Å². The lowest BCUT2D eigenvalue weighted by Gasteiger charge is -2.28. The van der Waals surface area contributed by atoms with Gasteiger partial charge in [-0.25, -0.2) is 0 Å². The molecule has 1 aliphatic heterocycles. The molecular weight excluding hydrogens is 330 g/mol. The zero-order chi connectivity index (χ0) is 17.1. The van der Waals surface area contributed by atoms with Crippen molar-refractivity contribution in [2.75, 3.05) is 5.75 Å². The molecule has 3 N–H and O–H groups in total. The summed E-state index contributed by atoms with van der Waals surface area (Å²) in [6.07, 6.45) is 0. The average Bonchev–Trinajstić information content (AvgIpc) is 2.89. The largest absolute Gasteiger partial charge is 0.369 e. The van der Waals surface area contributed by atoms with Gasteiger partial charge in [0.2, 0.25) is 5.91 Å². The fourth-order valence-corrected chi connectivity index (χ4v) is 4.45. The van der Waals surface area contributed by atoms with E-state index >= 15 is 0 Å². The maximum Gasteiger partial charge on any atom is 0.227 e. The summed E-state index contributed by atoms with van der Waals surface area (Å²) in [5, 5.41) is 15.3. The van der Waals surface area contributed by atoms with Gasteiger partial charge in [0.1, 0.15) is 0 Å². The smallest absolute Gasteiger partial charge is 0.227 e. The molecule has 5 nitrogen and oxygen atoms in total. The first-order chi connectivity index (χ1) is 10.9. The Hall–Kier alpha value is -2.04. The van der Waals surface area contributed by atoms with Gasteiger partial charge in [0.25, 0.3) is 0 Å². The van der Waals surface area contributed by atoms with Crippen LogP contribution in [0.15, 0.2) is 33.3 Å². The summed E-state index contributed by atoms with van der Waals surface area (Å²) in [5.74, 6) is -0.843. The first-order valence-electron chi connectivity index (χ1n) is 6.94. The molecule has 0 saturated carbocycles. The highest BCUT2D eigenvalue weighted by Gasteiger charge is 2.34. The van der Waals surface area contributed by atoms with Gasteiger partial charge in [0.15, 0.2) is 5.78 Å². The van der Waals surface area contributed by atoms with Crippen LogP contribution < -0.4 is 11.1 Å². The zero-order valence-electron chi connectivity index (χ0n) is 13.1. The number of thiophene rings is 1. The molecule has 7 heteroatoms. The fourth-order valence-electron chi connectivity index (χ4n) is 2.58. The SMILES string of the molecule is CC(=O)C1=C(C)NC(SCC(N)=O)=C(C#N)[C@@H]1c1sccc1C. The molecule has 0 spiro atoms. The number of hydrogen-bond donors (Lipinski definition) is 2. The molecule has 1 aliphatic rings. The van der Waals surface area contributed by atoms with Crippen molar-refractivity contribution in [3.8, 4) is 6.07 Å². The van der Waals surface area contributed by atoms with Gasteiger partial charge in [-0.1, -0.05) is 11.8 Å². The number of Topliss-reactive ketones (excluding diaryl/α,β-unsaturated/α-hetero) is 1. The van der Waals surface area contributed by atoms with Crippen LogP contribution in [0, 0.1) is 18.3 Å². The molecule has 1 atom stereocenters. The number of nitrogens with one attached hydrogen (secondary N) is 1. The van der Waals surface area contributed by atoms with E-state index in [9.17, 15) is 14.9 Å². The zero-order valence-corrected chi connectivity index (χ0v) is 14.7. The number of ketones is 1. The van der Waals surface area contributed by atoms with Crippen LogP contribution in [0.3, 0.4) is 0 Å². The number of carbonyl (C=O) groups excluding carboxylic acids is 2. The van der Waals surface area contributed by atoms with Crippen LogP contribution >= 0.6 is 23.1 Å². The van der Waals surface area contributed by atoms with Gasteiger partial charge in [-0.2, -0.15) is 5.26 Å². The van der Waals surface area contributed by atoms with Crippen molar-refractivity contribution < 1.29 is 9.59 Å². The minimum Gasteiger partial charge on any atom is -0.369 e. The molecule has 2 heterocycles. The highest BCUT2D eigenvalue weighted by atomic mass is 32.2. The summed E-state index contributed by atoms with van der Waals surface area (Å²) in [4.78, 5) is 24.2. The Labute approximate surface area is 143 Å². The highest BCUT2D eigenvalue weighted by Crippen LogP contribution is 2.43. The number of rotatable bonds is 5. The predicted octanol–water partition coefficient (Wildman–Crippen LogP) is 2.56. The number of aryl methyl sites for hydroxylation is 1. The summed E-state index contributed by atoms with van der Waals surface area (Å²) in [7, 11) is 0. The van der Waals surface area contributed by atoms with Crippen LogP contribution in [-0.2, 0) is 9.59 Å². The lowest BCUT2D eigenvalue weighted by molar-refractivity contribution is -0.115. The van der Waals surface area contributed by atoms with Crippen LogP contribution in [0.1, 0.15) is 30.2 Å². The van der Waals surface area contributed by atoms with Gasteiger partial charge in [-0.05, 0) is 37.8 Å². The molecule has 1 aromatic heterocycles. The lowest BCUT2D eigenvalue weighted by Crippen LogP contribution is -2.27. The van der Waals surface area contributed by atoms with Gasteiger partial charge in [0, 0.05) is 16.1 Å². The number of amides is 1. The average molecular weight is 347 g/mol. The summed E-state index contributed by atoms with van der Waals surface area (Å²) in [6.45, 7) is 5.28. The van der Waals surface area contributed by atoms with Crippen LogP contribution in [0.5, 0.6) is 0 Å². The molecule has 0 radical (unpaired) electrons. The van der Waals surface area contributed by atoms with Gasteiger partial charge < -0.3 is 11.1 Å². The van der Waals surface area contributed by atoms with Crippen LogP contribution in [0.4, 0.5) is 0 Å². The Balaban J connectivity index is 2.58. The Morgan fingerprint density at radius 3 is 2.65 bits per heavy atom. The number of allylic oxidation sites excluding steroid dienone is 3. The van der Waals surface area contributed by atoms with E-state index < -0.39 is 11.8 Å². The first kappa shape index (κ1) is 17.3.